The van der Waals surface area contributed by atoms with Gasteiger partial charge in [0.1, 0.15) is 6.54 Å². The number of amides is 2. The summed E-state index contributed by atoms with van der Waals surface area (Å²) in [6, 6.07) is 3.23. The Bertz CT molecular complexity index is 719. The summed E-state index contributed by atoms with van der Waals surface area (Å²) in [5.74, 6) is 0.874. The minimum absolute atomic E-state index is 0.00928. The van der Waals surface area contributed by atoms with Crippen molar-refractivity contribution in [1.82, 2.24) is 15.1 Å². The van der Waals surface area contributed by atoms with Gasteiger partial charge in [0.2, 0.25) is 11.7 Å². The number of benzene rings is 1. The van der Waals surface area contributed by atoms with Crippen LogP contribution in [0.15, 0.2) is 12.1 Å². The number of nitrogens with one attached hydrogen (secondary N) is 1. The lowest BCUT2D eigenvalue weighted by Gasteiger charge is -2.31. The lowest BCUT2D eigenvalue weighted by Crippen LogP contribution is -2.51. The summed E-state index contributed by atoms with van der Waals surface area (Å²) < 4.78 is 21.8. The second-order valence-electron chi connectivity index (χ2n) is 7.37. The van der Waals surface area contributed by atoms with E-state index in [1.807, 2.05) is 0 Å². The second-order valence-corrected chi connectivity index (χ2v) is 7.37. The van der Waals surface area contributed by atoms with E-state index in [0.29, 0.717) is 49.1 Å². The molecule has 3 rings (SSSR count). The van der Waals surface area contributed by atoms with Crippen LogP contribution in [0.1, 0.15) is 23.2 Å². The molecule has 0 bridgehead atoms. The van der Waals surface area contributed by atoms with E-state index >= 15 is 0 Å². The van der Waals surface area contributed by atoms with Crippen LogP contribution < -0.4 is 19.5 Å². The van der Waals surface area contributed by atoms with Crippen molar-refractivity contribution in [2.24, 2.45) is 0 Å². The number of nitrogens with zero attached hydrogens (tertiary/aromatic N) is 2. The molecule has 1 unspecified atom stereocenters. The van der Waals surface area contributed by atoms with Gasteiger partial charge in [-0.3, -0.25) is 9.59 Å². The van der Waals surface area contributed by atoms with Gasteiger partial charge in [-0.15, -0.1) is 0 Å². The number of hydrogen-bond donors (Lipinski definition) is 1. The average molecular weight is 421 g/mol. The third-order valence-corrected chi connectivity index (χ3v) is 5.44. The molecule has 2 fully saturated rings. The Hall–Kier alpha value is -2.52. The topological polar surface area (TPSA) is 89.6 Å². The molecule has 30 heavy (non-hydrogen) atoms. The summed E-state index contributed by atoms with van der Waals surface area (Å²) >= 11 is 0. The molecule has 0 radical (unpaired) electrons. The Labute approximate surface area is 177 Å². The Kier molecular flexibility index (Phi) is 7.75. The summed E-state index contributed by atoms with van der Waals surface area (Å²) in [7, 11) is 4.52. The van der Waals surface area contributed by atoms with Gasteiger partial charge >= 0.3 is 0 Å². The minimum atomic E-state index is -0.270. The van der Waals surface area contributed by atoms with Crippen molar-refractivity contribution in [1.29, 1.82) is 0 Å². The van der Waals surface area contributed by atoms with E-state index in [9.17, 15) is 9.59 Å². The Balaban J connectivity index is 1.84. The lowest BCUT2D eigenvalue weighted by atomic mass is 10.1. The lowest BCUT2D eigenvalue weighted by molar-refractivity contribution is -0.132. The second kappa shape index (κ2) is 10.5. The molecule has 0 aromatic heterocycles. The molecule has 2 heterocycles. The van der Waals surface area contributed by atoms with E-state index in [-0.39, 0.29) is 24.5 Å². The van der Waals surface area contributed by atoms with Crippen LogP contribution in [0.5, 0.6) is 17.2 Å². The maximum absolute atomic E-state index is 13.4. The van der Waals surface area contributed by atoms with Crippen LogP contribution in [0.3, 0.4) is 0 Å². The molecule has 2 aliphatic rings. The smallest absolute Gasteiger partial charge is 0.254 e. The SMILES string of the molecule is COc1cc(C(=O)N(CC(=O)N2CCNCC2)CC2CCCO2)cc(OC)c1OC. The molecule has 9 nitrogen and oxygen atoms in total. The van der Waals surface area contributed by atoms with E-state index in [1.165, 1.54) is 21.3 Å². The van der Waals surface area contributed by atoms with Crippen LogP contribution in [-0.4, -0.2) is 94.9 Å². The molecule has 1 aromatic carbocycles. The summed E-state index contributed by atoms with van der Waals surface area (Å²) in [5, 5.41) is 3.23. The first-order valence-corrected chi connectivity index (χ1v) is 10.3. The van der Waals surface area contributed by atoms with E-state index in [1.54, 1.807) is 21.9 Å². The van der Waals surface area contributed by atoms with Crippen molar-refractivity contribution in [3.8, 4) is 17.2 Å². The molecule has 2 saturated heterocycles. The molecule has 1 aromatic rings. The van der Waals surface area contributed by atoms with Gasteiger partial charge in [0.15, 0.2) is 11.5 Å². The maximum Gasteiger partial charge on any atom is 0.254 e. The van der Waals surface area contributed by atoms with Gasteiger partial charge in [-0.1, -0.05) is 0 Å². The highest BCUT2D eigenvalue weighted by Crippen LogP contribution is 2.38. The normalized spacial score (nSPS) is 18.8. The van der Waals surface area contributed by atoms with Crippen LogP contribution in [0.25, 0.3) is 0 Å². The highest BCUT2D eigenvalue weighted by Gasteiger charge is 2.28. The third kappa shape index (κ3) is 5.14. The molecule has 1 atom stereocenters. The largest absolute Gasteiger partial charge is 0.493 e. The number of ether oxygens (including phenoxy) is 4. The molecule has 2 aliphatic heterocycles. The van der Waals surface area contributed by atoms with E-state index in [2.05, 4.69) is 5.32 Å². The molecule has 0 saturated carbocycles. The van der Waals surface area contributed by atoms with Gasteiger partial charge in [0, 0.05) is 44.9 Å². The fraction of sp³-hybridized carbons (Fsp3) is 0.619. The average Bonchev–Trinajstić information content (AvgIpc) is 3.30. The molecule has 166 valence electrons. The number of piperazine rings is 1. The van der Waals surface area contributed by atoms with Crippen molar-refractivity contribution < 1.29 is 28.5 Å². The van der Waals surface area contributed by atoms with Crippen LogP contribution >= 0.6 is 0 Å². The van der Waals surface area contributed by atoms with Gasteiger partial charge in [-0.05, 0) is 25.0 Å². The van der Waals surface area contributed by atoms with Crippen molar-refractivity contribution in [2.45, 2.75) is 18.9 Å². The van der Waals surface area contributed by atoms with Crippen LogP contribution in [0.2, 0.25) is 0 Å². The van der Waals surface area contributed by atoms with Gasteiger partial charge in [-0.25, -0.2) is 0 Å². The first kappa shape index (κ1) is 22.2. The van der Waals surface area contributed by atoms with Gasteiger partial charge < -0.3 is 34.1 Å². The molecule has 1 N–H and O–H groups in total. The summed E-state index contributed by atoms with van der Waals surface area (Å²) in [4.78, 5) is 29.6. The monoisotopic (exact) mass is 421 g/mol. The Morgan fingerprint density at radius 2 is 1.80 bits per heavy atom. The number of carbonyl (C=O) groups is 2. The molecular formula is C21H31N3O6. The first-order chi connectivity index (χ1) is 14.6. The summed E-state index contributed by atoms with van der Waals surface area (Å²) in [6.07, 6.45) is 1.77. The van der Waals surface area contributed by atoms with Crippen LogP contribution in [-0.2, 0) is 9.53 Å². The quantitative estimate of drug-likeness (QED) is 0.663. The van der Waals surface area contributed by atoms with E-state index < -0.39 is 0 Å². The third-order valence-electron chi connectivity index (χ3n) is 5.44. The fourth-order valence-corrected chi connectivity index (χ4v) is 3.82. The predicted molar refractivity (Wildman–Crippen MR) is 110 cm³/mol. The molecule has 2 amide bonds. The van der Waals surface area contributed by atoms with E-state index in [4.69, 9.17) is 18.9 Å². The molecule has 0 aliphatic carbocycles. The fourth-order valence-electron chi connectivity index (χ4n) is 3.82. The first-order valence-electron chi connectivity index (χ1n) is 10.3. The summed E-state index contributed by atoms with van der Waals surface area (Å²) in [5.41, 5.74) is 0.371. The van der Waals surface area contributed by atoms with Crippen molar-refractivity contribution >= 4 is 11.8 Å². The maximum atomic E-state index is 13.4. The minimum Gasteiger partial charge on any atom is -0.493 e. The van der Waals surface area contributed by atoms with E-state index in [0.717, 1.165) is 25.9 Å². The van der Waals surface area contributed by atoms with Crippen molar-refractivity contribution in [3.05, 3.63) is 17.7 Å². The zero-order valence-corrected chi connectivity index (χ0v) is 17.9. The van der Waals surface area contributed by atoms with Gasteiger partial charge in [0.05, 0.1) is 27.4 Å². The Morgan fingerprint density at radius 1 is 1.13 bits per heavy atom. The molecule has 9 heteroatoms. The number of hydrogen-bond acceptors (Lipinski definition) is 7. The molecular weight excluding hydrogens is 390 g/mol. The number of methoxy groups -OCH3 is 3. The highest BCUT2D eigenvalue weighted by atomic mass is 16.5. The molecule has 0 spiro atoms. The van der Waals surface area contributed by atoms with Crippen LogP contribution in [0.4, 0.5) is 0 Å². The van der Waals surface area contributed by atoms with Crippen LogP contribution in [0, 0.1) is 0 Å². The van der Waals surface area contributed by atoms with Crippen molar-refractivity contribution in [3.63, 3.8) is 0 Å². The van der Waals surface area contributed by atoms with Gasteiger partial charge in [0.25, 0.3) is 5.91 Å². The standard InChI is InChI=1S/C21H31N3O6/c1-27-17-11-15(12-18(28-2)20(17)29-3)21(26)24(13-16-5-4-10-30-16)14-19(25)23-8-6-22-7-9-23/h11-12,16,22H,4-10,13-14H2,1-3H3. The highest BCUT2D eigenvalue weighted by molar-refractivity contribution is 5.97. The summed E-state index contributed by atoms with van der Waals surface area (Å²) in [6.45, 7) is 3.87. The van der Waals surface area contributed by atoms with Gasteiger partial charge in [-0.2, -0.15) is 0 Å². The zero-order chi connectivity index (χ0) is 21.5. The Morgan fingerprint density at radius 3 is 2.33 bits per heavy atom. The zero-order valence-electron chi connectivity index (χ0n) is 17.9. The predicted octanol–water partition coefficient (Wildman–Crippen LogP) is 0.765. The van der Waals surface area contributed by atoms with Crippen molar-refractivity contribution in [2.75, 3.05) is 67.2 Å². The number of rotatable bonds is 8. The number of carbonyl (C=O) groups excluding carboxylic acids is 2.